The van der Waals surface area contributed by atoms with E-state index in [0.717, 1.165) is 6.42 Å². The summed E-state index contributed by atoms with van der Waals surface area (Å²) in [5.74, 6) is -0.352. The lowest BCUT2D eigenvalue weighted by Gasteiger charge is -2.36. The zero-order chi connectivity index (χ0) is 14.9. The molecule has 2 saturated heterocycles. The molecule has 2 fully saturated rings. The molecule has 1 spiro atoms. The summed E-state index contributed by atoms with van der Waals surface area (Å²) < 4.78 is 17.6. The van der Waals surface area contributed by atoms with Crippen LogP contribution in [0.3, 0.4) is 0 Å². The highest BCUT2D eigenvalue weighted by Crippen LogP contribution is 2.34. The molecule has 2 heterocycles. The average molecular weight is 356 g/mol. The second-order valence-electron chi connectivity index (χ2n) is 5.59. The van der Waals surface area contributed by atoms with Crippen molar-refractivity contribution >= 4 is 27.6 Å². The first-order valence-electron chi connectivity index (χ1n) is 7.06. The Morgan fingerprint density at radius 3 is 3.05 bits per heavy atom. The molecule has 0 bridgehead atoms. The van der Waals surface area contributed by atoms with Gasteiger partial charge in [0.25, 0.3) is 0 Å². The van der Waals surface area contributed by atoms with Gasteiger partial charge in [-0.1, -0.05) is 0 Å². The lowest BCUT2D eigenvalue weighted by molar-refractivity contribution is -0.120. The van der Waals surface area contributed by atoms with Gasteiger partial charge in [0.1, 0.15) is 6.10 Å². The minimum Gasteiger partial charge on any atom is -0.459 e. The van der Waals surface area contributed by atoms with Crippen LogP contribution in [0.2, 0.25) is 0 Å². The number of anilines is 1. The van der Waals surface area contributed by atoms with Crippen LogP contribution in [0.25, 0.3) is 0 Å². The van der Waals surface area contributed by atoms with Crippen molar-refractivity contribution < 1.29 is 19.0 Å². The van der Waals surface area contributed by atoms with Crippen LogP contribution in [0.1, 0.15) is 29.6 Å². The number of nitrogen functional groups attached to an aromatic ring is 1. The van der Waals surface area contributed by atoms with Gasteiger partial charge >= 0.3 is 5.97 Å². The Balaban J connectivity index is 1.68. The van der Waals surface area contributed by atoms with Gasteiger partial charge in [0.05, 0.1) is 24.4 Å². The highest BCUT2D eigenvalue weighted by molar-refractivity contribution is 9.10. The van der Waals surface area contributed by atoms with Gasteiger partial charge in [-0.05, 0) is 34.1 Å². The predicted molar refractivity (Wildman–Crippen MR) is 81.1 cm³/mol. The SMILES string of the molecule is Nc1ccc(Br)c(C(=O)OC2CCOC3(CCOC3)C2)c1. The first kappa shape index (κ1) is 14.8. The summed E-state index contributed by atoms with van der Waals surface area (Å²) in [4.78, 5) is 12.3. The Morgan fingerprint density at radius 2 is 2.29 bits per heavy atom. The number of hydrogen-bond acceptors (Lipinski definition) is 5. The van der Waals surface area contributed by atoms with Crippen molar-refractivity contribution in [1.29, 1.82) is 0 Å². The van der Waals surface area contributed by atoms with Gasteiger partial charge in [0.2, 0.25) is 0 Å². The standard InChI is InChI=1S/C15H18BrNO4/c16-13-2-1-10(17)7-12(13)14(18)21-11-3-5-20-15(8-11)4-6-19-9-15/h1-2,7,11H,3-6,8-9,17H2. The highest BCUT2D eigenvalue weighted by Gasteiger charge is 2.42. The lowest BCUT2D eigenvalue weighted by Crippen LogP contribution is -2.43. The highest BCUT2D eigenvalue weighted by atomic mass is 79.9. The van der Waals surface area contributed by atoms with Crippen molar-refractivity contribution in [2.75, 3.05) is 25.6 Å². The Hall–Kier alpha value is -1.11. The second kappa shape index (κ2) is 5.94. The number of carbonyl (C=O) groups is 1. The quantitative estimate of drug-likeness (QED) is 0.651. The number of nitrogens with two attached hydrogens (primary N) is 1. The van der Waals surface area contributed by atoms with Gasteiger partial charge in [-0.25, -0.2) is 4.79 Å². The van der Waals surface area contributed by atoms with Crippen LogP contribution in [0, 0.1) is 0 Å². The maximum absolute atomic E-state index is 12.3. The molecule has 0 aliphatic carbocycles. The molecule has 0 aromatic heterocycles. The molecule has 1 aromatic rings. The van der Waals surface area contributed by atoms with E-state index in [9.17, 15) is 4.79 Å². The van der Waals surface area contributed by atoms with Crippen LogP contribution < -0.4 is 5.73 Å². The van der Waals surface area contributed by atoms with E-state index in [-0.39, 0.29) is 17.7 Å². The number of halogens is 1. The van der Waals surface area contributed by atoms with E-state index in [1.165, 1.54) is 0 Å². The molecule has 5 nitrogen and oxygen atoms in total. The summed E-state index contributed by atoms with van der Waals surface area (Å²) in [5, 5.41) is 0. The summed E-state index contributed by atoms with van der Waals surface area (Å²) in [6.45, 7) is 1.89. The monoisotopic (exact) mass is 355 g/mol. The van der Waals surface area contributed by atoms with Gasteiger partial charge < -0.3 is 19.9 Å². The first-order valence-corrected chi connectivity index (χ1v) is 7.85. The van der Waals surface area contributed by atoms with Gasteiger partial charge in [-0.3, -0.25) is 0 Å². The average Bonchev–Trinajstić information content (AvgIpc) is 2.89. The molecule has 2 aliphatic rings. The molecule has 0 saturated carbocycles. The topological polar surface area (TPSA) is 70.8 Å². The number of rotatable bonds is 2. The minimum absolute atomic E-state index is 0.138. The summed E-state index contributed by atoms with van der Waals surface area (Å²) >= 11 is 3.35. The third-order valence-electron chi connectivity index (χ3n) is 4.00. The number of ether oxygens (including phenoxy) is 3. The van der Waals surface area contributed by atoms with E-state index in [0.29, 0.717) is 48.4 Å². The van der Waals surface area contributed by atoms with Crippen LogP contribution in [-0.4, -0.2) is 37.5 Å². The molecule has 2 atom stereocenters. The van der Waals surface area contributed by atoms with Crippen LogP contribution in [-0.2, 0) is 14.2 Å². The van der Waals surface area contributed by atoms with E-state index < -0.39 is 0 Å². The molecule has 114 valence electrons. The van der Waals surface area contributed by atoms with Crippen LogP contribution in [0.4, 0.5) is 5.69 Å². The molecule has 6 heteroatoms. The number of esters is 1. The van der Waals surface area contributed by atoms with Gasteiger partial charge in [0, 0.05) is 36.0 Å². The van der Waals surface area contributed by atoms with Crippen molar-refractivity contribution in [3.8, 4) is 0 Å². The third-order valence-corrected chi connectivity index (χ3v) is 4.69. The van der Waals surface area contributed by atoms with Crippen molar-refractivity contribution in [2.24, 2.45) is 0 Å². The Labute approximate surface area is 131 Å². The zero-order valence-corrected chi connectivity index (χ0v) is 13.2. The first-order chi connectivity index (χ1) is 10.1. The molecule has 1 aromatic carbocycles. The maximum Gasteiger partial charge on any atom is 0.339 e. The van der Waals surface area contributed by atoms with Crippen LogP contribution in [0.5, 0.6) is 0 Å². The lowest BCUT2D eigenvalue weighted by atomic mass is 9.91. The molecule has 2 aliphatic heterocycles. The summed E-state index contributed by atoms with van der Waals surface area (Å²) in [5.41, 5.74) is 6.46. The van der Waals surface area contributed by atoms with Crippen molar-refractivity contribution in [3.63, 3.8) is 0 Å². The molecule has 2 N–H and O–H groups in total. The summed E-state index contributed by atoms with van der Waals surface area (Å²) in [6, 6.07) is 5.11. The molecule has 21 heavy (non-hydrogen) atoms. The van der Waals surface area contributed by atoms with Gasteiger partial charge in [-0.15, -0.1) is 0 Å². The molecular formula is C15H18BrNO4. The van der Waals surface area contributed by atoms with Gasteiger partial charge in [-0.2, -0.15) is 0 Å². The largest absolute Gasteiger partial charge is 0.459 e. The normalized spacial score (nSPS) is 28.7. The molecule has 0 radical (unpaired) electrons. The molecule has 3 rings (SSSR count). The number of carbonyl (C=O) groups excluding carboxylic acids is 1. The van der Waals surface area contributed by atoms with E-state index in [2.05, 4.69) is 15.9 Å². The third kappa shape index (κ3) is 3.22. The fourth-order valence-electron chi connectivity index (χ4n) is 2.86. The fourth-order valence-corrected chi connectivity index (χ4v) is 3.27. The smallest absolute Gasteiger partial charge is 0.339 e. The Bertz CT molecular complexity index is 542. The summed E-state index contributed by atoms with van der Waals surface area (Å²) in [6.07, 6.45) is 2.14. The fraction of sp³-hybridized carbons (Fsp3) is 0.533. The van der Waals surface area contributed by atoms with E-state index in [4.69, 9.17) is 19.9 Å². The maximum atomic E-state index is 12.3. The van der Waals surface area contributed by atoms with Crippen molar-refractivity contribution in [1.82, 2.24) is 0 Å². The van der Waals surface area contributed by atoms with Crippen molar-refractivity contribution in [2.45, 2.75) is 31.0 Å². The molecule has 0 amide bonds. The van der Waals surface area contributed by atoms with Crippen molar-refractivity contribution in [3.05, 3.63) is 28.2 Å². The van der Waals surface area contributed by atoms with E-state index in [1.54, 1.807) is 18.2 Å². The van der Waals surface area contributed by atoms with E-state index in [1.807, 2.05) is 0 Å². The Morgan fingerprint density at radius 1 is 1.43 bits per heavy atom. The zero-order valence-electron chi connectivity index (χ0n) is 11.6. The second-order valence-corrected chi connectivity index (χ2v) is 6.45. The number of hydrogen-bond donors (Lipinski definition) is 1. The Kier molecular flexibility index (Phi) is 4.19. The molecule has 2 unspecified atom stereocenters. The van der Waals surface area contributed by atoms with Crippen LogP contribution in [0.15, 0.2) is 22.7 Å². The predicted octanol–water partition coefficient (Wildman–Crippen LogP) is 2.53. The minimum atomic E-state index is -0.352. The van der Waals surface area contributed by atoms with Gasteiger partial charge in [0.15, 0.2) is 0 Å². The molecular weight excluding hydrogens is 338 g/mol. The summed E-state index contributed by atoms with van der Waals surface area (Å²) in [7, 11) is 0. The van der Waals surface area contributed by atoms with E-state index >= 15 is 0 Å². The number of benzene rings is 1. The van der Waals surface area contributed by atoms with Crippen LogP contribution >= 0.6 is 15.9 Å².